The van der Waals surface area contributed by atoms with E-state index in [2.05, 4.69) is 60.0 Å². The molecule has 3 aromatic rings. The second-order valence-corrected chi connectivity index (χ2v) is 8.07. The van der Waals surface area contributed by atoms with Crippen molar-refractivity contribution in [3.05, 3.63) is 65.7 Å². The van der Waals surface area contributed by atoms with Crippen molar-refractivity contribution >= 4 is 28.6 Å². The summed E-state index contributed by atoms with van der Waals surface area (Å²) in [7, 11) is 0. The minimum absolute atomic E-state index is 0.138. The number of benzene rings is 2. The zero-order valence-electron chi connectivity index (χ0n) is 14.2. The molecule has 1 aliphatic heterocycles. The molecule has 25 heavy (non-hydrogen) atoms. The summed E-state index contributed by atoms with van der Waals surface area (Å²) in [4.78, 5) is 11.2. The first kappa shape index (κ1) is 16.3. The molecule has 0 spiro atoms. The maximum Gasteiger partial charge on any atom is 0.304 e. The van der Waals surface area contributed by atoms with Crippen molar-refractivity contribution in [2.45, 2.75) is 42.5 Å². The van der Waals surface area contributed by atoms with Gasteiger partial charge in [-0.2, -0.15) is 0 Å². The molecular formula is C21H21NO2S. The van der Waals surface area contributed by atoms with E-state index >= 15 is 0 Å². The fourth-order valence-corrected chi connectivity index (χ4v) is 5.53. The van der Waals surface area contributed by atoms with Crippen LogP contribution in [0.3, 0.4) is 0 Å². The molecule has 0 amide bonds. The van der Waals surface area contributed by atoms with Crippen molar-refractivity contribution in [1.29, 1.82) is 0 Å². The molecule has 0 saturated carbocycles. The average molecular weight is 351 g/mol. The van der Waals surface area contributed by atoms with Gasteiger partial charge in [-0.1, -0.05) is 55.5 Å². The van der Waals surface area contributed by atoms with Crippen LogP contribution in [-0.2, 0) is 11.3 Å². The van der Waals surface area contributed by atoms with E-state index in [0.717, 1.165) is 13.0 Å². The van der Waals surface area contributed by atoms with Crippen LogP contribution in [0.4, 0.5) is 0 Å². The number of thioether (sulfide) groups is 1. The number of hydrogen-bond donors (Lipinski definition) is 1. The van der Waals surface area contributed by atoms with Crippen LogP contribution in [0.2, 0.25) is 0 Å². The third kappa shape index (κ3) is 3.07. The molecule has 0 aliphatic carbocycles. The Hall–Kier alpha value is -2.20. The van der Waals surface area contributed by atoms with E-state index in [-0.39, 0.29) is 11.7 Å². The van der Waals surface area contributed by atoms with Gasteiger partial charge in [0.1, 0.15) is 0 Å². The second-order valence-electron chi connectivity index (χ2n) is 6.78. The topological polar surface area (TPSA) is 42.2 Å². The lowest BCUT2D eigenvalue weighted by Gasteiger charge is -2.27. The smallest absolute Gasteiger partial charge is 0.304 e. The third-order valence-electron chi connectivity index (χ3n) is 4.93. The number of fused-ring (bicyclic) bond motifs is 3. The molecule has 1 aromatic heterocycles. The standard InChI is InChI=1S/C21H21NO2S/c1-14-11-16(12-19(23)24)25-21-20(14)17-9-5-6-10-18(17)22(21)13-15-7-3-2-4-8-15/h2-10,14,16H,11-13H2,1H3,(H,23,24). The maximum atomic E-state index is 11.2. The number of hydrogen-bond acceptors (Lipinski definition) is 2. The molecule has 4 heteroatoms. The van der Waals surface area contributed by atoms with Crippen LogP contribution < -0.4 is 0 Å². The van der Waals surface area contributed by atoms with E-state index in [4.69, 9.17) is 0 Å². The number of carbonyl (C=O) groups is 1. The van der Waals surface area contributed by atoms with E-state index in [1.807, 2.05) is 6.07 Å². The molecule has 0 fully saturated rings. The molecule has 0 saturated heterocycles. The summed E-state index contributed by atoms with van der Waals surface area (Å²) < 4.78 is 2.37. The van der Waals surface area contributed by atoms with Gasteiger partial charge in [-0.15, -0.1) is 11.8 Å². The van der Waals surface area contributed by atoms with Gasteiger partial charge in [0.15, 0.2) is 0 Å². The average Bonchev–Trinajstić information content (AvgIpc) is 2.90. The first-order valence-electron chi connectivity index (χ1n) is 8.67. The Kier molecular flexibility index (Phi) is 4.30. The fourth-order valence-electron chi connectivity index (χ4n) is 3.87. The number of carboxylic acid groups (broad SMARTS) is 1. The van der Waals surface area contributed by atoms with Gasteiger partial charge in [0, 0.05) is 22.7 Å². The van der Waals surface area contributed by atoms with Crippen molar-refractivity contribution in [2.75, 3.05) is 0 Å². The summed E-state index contributed by atoms with van der Waals surface area (Å²) in [5.41, 5.74) is 3.89. The molecule has 0 bridgehead atoms. The Labute approximate surface area is 151 Å². The minimum atomic E-state index is -0.709. The zero-order valence-corrected chi connectivity index (χ0v) is 15.0. The van der Waals surface area contributed by atoms with Crippen molar-refractivity contribution in [3.8, 4) is 0 Å². The van der Waals surface area contributed by atoms with E-state index in [1.165, 1.54) is 27.1 Å². The van der Waals surface area contributed by atoms with Gasteiger partial charge in [0.25, 0.3) is 0 Å². The van der Waals surface area contributed by atoms with Gasteiger partial charge >= 0.3 is 5.97 Å². The first-order chi connectivity index (χ1) is 12.1. The number of carboxylic acids is 1. The highest BCUT2D eigenvalue weighted by atomic mass is 32.2. The van der Waals surface area contributed by atoms with Crippen LogP contribution in [-0.4, -0.2) is 20.9 Å². The molecule has 2 heterocycles. The summed E-state index contributed by atoms with van der Waals surface area (Å²) in [5.74, 6) is -0.332. The minimum Gasteiger partial charge on any atom is -0.481 e. The van der Waals surface area contributed by atoms with E-state index in [1.54, 1.807) is 11.8 Å². The molecule has 4 rings (SSSR count). The number of nitrogens with zero attached hydrogens (tertiary/aromatic N) is 1. The number of rotatable bonds is 4. The summed E-state index contributed by atoms with van der Waals surface area (Å²) in [6.07, 6.45) is 1.14. The van der Waals surface area contributed by atoms with E-state index in [0.29, 0.717) is 5.92 Å². The summed E-state index contributed by atoms with van der Waals surface area (Å²) in [6, 6.07) is 19.0. The van der Waals surface area contributed by atoms with Gasteiger partial charge in [-0.05, 0) is 29.5 Å². The first-order valence-corrected chi connectivity index (χ1v) is 9.55. The number of aromatic nitrogens is 1. The van der Waals surface area contributed by atoms with Crippen LogP contribution in [0.25, 0.3) is 10.9 Å². The van der Waals surface area contributed by atoms with Crippen LogP contribution in [0, 0.1) is 0 Å². The largest absolute Gasteiger partial charge is 0.481 e. The predicted octanol–water partition coefficient (Wildman–Crippen LogP) is 5.13. The molecule has 2 atom stereocenters. The SMILES string of the molecule is CC1CC(CC(=O)O)Sc2c1c1ccccc1n2Cc1ccccc1. The highest BCUT2D eigenvalue weighted by Crippen LogP contribution is 2.47. The lowest BCUT2D eigenvalue weighted by Crippen LogP contribution is -2.18. The normalized spacial score (nSPS) is 19.7. The predicted molar refractivity (Wildman–Crippen MR) is 102 cm³/mol. The molecule has 128 valence electrons. The Morgan fingerprint density at radius 2 is 1.88 bits per heavy atom. The molecule has 3 nitrogen and oxygen atoms in total. The van der Waals surface area contributed by atoms with Gasteiger partial charge in [-0.3, -0.25) is 4.79 Å². The van der Waals surface area contributed by atoms with E-state index < -0.39 is 5.97 Å². The Morgan fingerprint density at radius 1 is 1.16 bits per heavy atom. The van der Waals surface area contributed by atoms with Crippen LogP contribution >= 0.6 is 11.8 Å². The number of para-hydroxylation sites is 1. The Morgan fingerprint density at radius 3 is 2.64 bits per heavy atom. The maximum absolute atomic E-state index is 11.2. The van der Waals surface area contributed by atoms with Gasteiger partial charge in [0.05, 0.1) is 11.4 Å². The second kappa shape index (κ2) is 6.60. The molecule has 1 N–H and O–H groups in total. The van der Waals surface area contributed by atoms with Crippen LogP contribution in [0.15, 0.2) is 59.6 Å². The van der Waals surface area contributed by atoms with Crippen LogP contribution in [0.5, 0.6) is 0 Å². The number of aliphatic carboxylic acids is 1. The molecule has 2 unspecified atom stereocenters. The lowest BCUT2D eigenvalue weighted by molar-refractivity contribution is -0.137. The molecule has 2 aromatic carbocycles. The van der Waals surface area contributed by atoms with E-state index in [9.17, 15) is 9.90 Å². The highest BCUT2D eigenvalue weighted by molar-refractivity contribution is 8.00. The summed E-state index contributed by atoms with van der Waals surface area (Å²) in [6.45, 7) is 3.04. The summed E-state index contributed by atoms with van der Waals surface area (Å²) in [5, 5.41) is 11.9. The van der Waals surface area contributed by atoms with Crippen molar-refractivity contribution < 1.29 is 9.90 Å². The van der Waals surface area contributed by atoms with Crippen molar-refractivity contribution in [1.82, 2.24) is 4.57 Å². The lowest BCUT2D eigenvalue weighted by atomic mass is 9.94. The third-order valence-corrected chi connectivity index (χ3v) is 6.29. The fraction of sp³-hybridized carbons (Fsp3) is 0.286. The van der Waals surface area contributed by atoms with Crippen molar-refractivity contribution in [3.63, 3.8) is 0 Å². The molecule has 0 radical (unpaired) electrons. The van der Waals surface area contributed by atoms with Gasteiger partial charge in [-0.25, -0.2) is 0 Å². The molecular weight excluding hydrogens is 330 g/mol. The van der Waals surface area contributed by atoms with Crippen LogP contribution in [0.1, 0.15) is 36.8 Å². The molecule has 1 aliphatic rings. The Bertz CT molecular complexity index is 916. The monoisotopic (exact) mass is 351 g/mol. The van der Waals surface area contributed by atoms with Crippen molar-refractivity contribution in [2.24, 2.45) is 0 Å². The Balaban J connectivity index is 1.83. The summed E-state index contributed by atoms with van der Waals surface area (Å²) >= 11 is 1.74. The zero-order chi connectivity index (χ0) is 17.4. The quantitative estimate of drug-likeness (QED) is 0.708. The van der Waals surface area contributed by atoms with Gasteiger partial charge in [0.2, 0.25) is 0 Å². The van der Waals surface area contributed by atoms with Gasteiger partial charge < -0.3 is 9.67 Å². The highest BCUT2D eigenvalue weighted by Gasteiger charge is 2.31.